The second-order valence-electron chi connectivity index (χ2n) is 4.60. The number of aryl methyl sites for hydroxylation is 1. The molecule has 3 aromatic rings. The maximum absolute atomic E-state index is 13.6. The Morgan fingerprint density at radius 2 is 2.20 bits per heavy atom. The molecule has 0 radical (unpaired) electrons. The fourth-order valence-corrected chi connectivity index (χ4v) is 2.14. The molecule has 0 aliphatic rings. The molecule has 0 spiro atoms. The van der Waals surface area contributed by atoms with E-state index in [4.69, 9.17) is 4.42 Å². The fraction of sp³-hybridized carbons (Fsp3) is 0.200. The number of furan rings is 1. The topological polar surface area (TPSA) is 58.9 Å². The lowest BCUT2D eigenvalue weighted by atomic mass is 10.2. The molecule has 0 saturated carbocycles. The molecule has 4 nitrogen and oxygen atoms in total. The van der Waals surface area contributed by atoms with E-state index in [1.54, 1.807) is 18.2 Å². The Balaban J connectivity index is 2.15. The third-order valence-corrected chi connectivity index (χ3v) is 3.03. The molecule has 20 heavy (non-hydrogen) atoms. The molecular weight excluding hydrogens is 259 g/mol. The second-order valence-corrected chi connectivity index (χ2v) is 4.60. The molecule has 2 heterocycles. The lowest BCUT2D eigenvalue weighted by Gasteiger charge is -2.00. The minimum atomic E-state index is -0.424. The fourth-order valence-electron chi connectivity index (χ4n) is 2.14. The van der Waals surface area contributed by atoms with Crippen LogP contribution in [0.5, 0.6) is 0 Å². The van der Waals surface area contributed by atoms with Crippen molar-refractivity contribution in [2.75, 3.05) is 0 Å². The Bertz CT molecular complexity index is 820. The summed E-state index contributed by atoms with van der Waals surface area (Å²) in [6, 6.07) is 7.75. The first-order valence-electron chi connectivity index (χ1n) is 6.46. The molecule has 0 fully saturated rings. The van der Waals surface area contributed by atoms with Gasteiger partial charge in [0.1, 0.15) is 11.5 Å². The zero-order chi connectivity index (χ0) is 14.1. The number of fused-ring (bicyclic) bond motifs is 1. The van der Waals surface area contributed by atoms with Crippen molar-refractivity contribution in [1.29, 1.82) is 0 Å². The van der Waals surface area contributed by atoms with Gasteiger partial charge in [-0.05, 0) is 18.6 Å². The highest BCUT2D eigenvalue weighted by Gasteiger charge is 2.12. The molecule has 0 bridgehead atoms. The first-order chi connectivity index (χ1) is 9.67. The summed E-state index contributed by atoms with van der Waals surface area (Å²) in [6.45, 7) is 2.00. The number of hydrogen-bond donors (Lipinski definition) is 1. The number of benzene rings is 1. The van der Waals surface area contributed by atoms with Crippen LogP contribution in [-0.4, -0.2) is 9.97 Å². The van der Waals surface area contributed by atoms with Gasteiger partial charge in [0.2, 0.25) is 0 Å². The van der Waals surface area contributed by atoms with E-state index in [1.807, 2.05) is 6.92 Å². The Kier molecular flexibility index (Phi) is 3.10. The average Bonchev–Trinajstić information content (AvgIpc) is 2.84. The molecule has 0 amide bonds. The van der Waals surface area contributed by atoms with Gasteiger partial charge < -0.3 is 9.40 Å². The highest BCUT2D eigenvalue weighted by molar-refractivity contribution is 5.82. The molecule has 3 rings (SSSR count). The third-order valence-electron chi connectivity index (χ3n) is 3.03. The smallest absolute Gasteiger partial charge is 0.251 e. The number of aromatic amines is 1. The number of nitrogens with zero attached hydrogens (tertiary/aromatic N) is 1. The van der Waals surface area contributed by atoms with Crippen molar-refractivity contribution in [2.24, 2.45) is 0 Å². The van der Waals surface area contributed by atoms with Crippen LogP contribution in [0.25, 0.3) is 22.4 Å². The summed E-state index contributed by atoms with van der Waals surface area (Å²) in [4.78, 5) is 18.7. The van der Waals surface area contributed by atoms with Crippen molar-refractivity contribution in [3.05, 3.63) is 52.3 Å². The van der Waals surface area contributed by atoms with Crippen molar-refractivity contribution in [1.82, 2.24) is 9.97 Å². The SMILES string of the molecule is CCCc1nc(-c2cc3cccc(F)c3o2)cc(=O)[nH]1. The van der Waals surface area contributed by atoms with Crippen molar-refractivity contribution in [3.63, 3.8) is 0 Å². The van der Waals surface area contributed by atoms with Crippen LogP contribution in [0.3, 0.4) is 0 Å². The van der Waals surface area contributed by atoms with Gasteiger partial charge >= 0.3 is 0 Å². The van der Waals surface area contributed by atoms with Crippen LogP contribution in [-0.2, 0) is 6.42 Å². The van der Waals surface area contributed by atoms with Crippen LogP contribution in [0.4, 0.5) is 4.39 Å². The van der Waals surface area contributed by atoms with E-state index in [1.165, 1.54) is 12.1 Å². The van der Waals surface area contributed by atoms with Gasteiger partial charge in [0.15, 0.2) is 17.2 Å². The van der Waals surface area contributed by atoms with Crippen LogP contribution in [0.1, 0.15) is 19.2 Å². The predicted octanol–water partition coefficient (Wildman–Crippen LogP) is 3.27. The molecule has 102 valence electrons. The number of H-pyrrole nitrogens is 1. The van der Waals surface area contributed by atoms with Crippen molar-refractivity contribution >= 4 is 11.0 Å². The van der Waals surface area contributed by atoms with Crippen LogP contribution in [0.15, 0.2) is 39.5 Å². The summed E-state index contributed by atoms with van der Waals surface area (Å²) in [6.07, 6.45) is 1.55. The highest BCUT2D eigenvalue weighted by Crippen LogP contribution is 2.27. The minimum absolute atomic E-state index is 0.182. The van der Waals surface area contributed by atoms with E-state index in [0.717, 1.165) is 6.42 Å². The molecular formula is C15H13FN2O2. The number of halogens is 1. The first-order valence-corrected chi connectivity index (χ1v) is 6.46. The first kappa shape index (κ1) is 12.6. The summed E-state index contributed by atoms with van der Waals surface area (Å²) in [5.74, 6) is 0.580. The molecule has 2 aromatic heterocycles. The minimum Gasteiger partial charge on any atom is -0.451 e. The van der Waals surface area contributed by atoms with Gasteiger partial charge in [-0.25, -0.2) is 9.37 Å². The largest absolute Gasteiger partial charge is 0.451 e. The Morgan fingerprint density at radius 3 is 2.95 bits per heavy atom. The lowest BCUT2D eigenvalue weighted by Crippen LogP contribution is -2.10. The Hall–Kier alpha value is -2.43. The van der Waals surface area contributed by atoms with Gasteiger partial charge in [0, 0.05) is 17.9 Å². The molecule has 0 saturated heterocycles. The van der Waals surface area contributed by atoms with Crippen molar-refractivity contribution < 1.29 is 8.81 Å². The van der Waals surface area contributed by atoms with E-state index < -0.39 is 5.82 Å². The molecule has 0 unspecified atom stereocenters. The number of para-hydroxylation sites is 1. The monoisotopic (exact) mass is 272 g/mol. The molecule has 5 heteroatoms. The number of hydrogen-bond acceptors (Lipinski definition) is 3. The molecule has 1 aromatic carbocycles. The zero-order valence-electron chi connectivity index (χ0n) is 10.9. The maximum Gasteiger partial charge on any atom is 0.251 e. The van der Waals surface area contributed by atoms with Crippen molar-refractivity contribution in [2.45, 2.75) is 19.8 Å². The van der Waals surface area contributed by atoms with Crippen LogP contribution in [0, 0.1) is 5.82 Å². The summed E-state index contributed by atoms with van der Waals surface area (Å²) in [7, 11) is 0. The van der Waals surface area contributed by atoms with Gasteiger partial charge in [-0.15, -0.1) is 0 Å². The quantitative estimate of drug-likeness (QED) is 0.796. The second kappa shape index (κ2) is 4.92. The van der Waals surface area contributed by atoms with E-state index in [2.05, 4.69) is 9.97 Å². The number of aromatic nitrogens is 2. The number of nitrogens with one attached hydrogen (secondary N) is 1. The zero-order valence-corrected chi connectivity index (χ0v) is 10.9. The third kappa shape index (κ3) is 2.22. The van der Waals surface area contributed by atoms with Gasteiger partial charge in [-0.3, -0.25) is 4.79 Å². The van der Waals surface area contributed by atoms with E-state index >= 15 is 0 Å². The standard InChI is InChI=1S/C15H13FN2O2/c1-2-4-13-17-11(8-14(19)18-13)12-7-9-5-3-6-10(16)15(9)20-12/h3,5-8H,2,4H2,1H3,(H,17,18,19). The van der Waals surface area contributed by atoms with Gasteiger partial charge in [0.05, 0.1) is 0 Å². The number of rotatable bonds is 3. The summed E-state index contributed by atoms with van der Waals surface area (Å²) in [5, 5.41) is 0.652. The van der Waals surface area contributed by atoms with E-state index in [0.29, 0.717) is 29.1 Å². The average molecular weight is 272 g/mol. The van der Waals surface area contributed by atoms with Gasteiger partial charge in [0.25, 0.3) is 5.56 Å². The van der Waals surface area contributed by atoms with Crippen LogP contribution in [0.2, 0.25) is 0 Å². The Morgan fingerprint density at radius 1 is 1.35 bits per heavy atom. The van der Waals surface area contributed by atoms with Crippen LogP contribution < -0.4 is 5.56 Å². The van der Waals surface area contributed by atoms with E-state index in [-0.39, 0.29) is 11.1 Å². The maximum atomic E-state index is 13.6. The normalized spacial score (nSPS) is 11.1. The predicted molar refractivity (Wildman–Crippen MR) is 74.0 cm³/mol. The molecule has 0 atom stereocenters. The highest BCUT2D eigenvalue weighted by atomic mass is 19.1. The summed E-state index contributed by atoms with van der Waals surface area (Å²) < 4.78 is 19.1. The molecule has 0 aliphatic carbocycles. The van der Waals surface area contributed by atoms with E-state index in [9.17, 15) is 9.18 Å². The summed E-state index contributed by atoms with van der Waals surface area (Å²) in [5.41, 5.74) is 0.369. The van der Waals surface area contributed by atoms with Gasteiger partial charge in [-0.1, -0.05) is 19.1 Å². The van der Waals surface area contributed by atoms with Gasteiger partial charge in [-0.2, -0.15) is 0 Å². The van der Waals surface area contributed by atoms with Crippen molar-refractivity contribution in [3.8, 4) is 11.5 Å². The molecule has 1 N–H and O–H groups in total. The van der Waals surface area contributed by atoms with Crippen LogP contribution >= 0.6 is 0 Å². The summed E-state index contributed by atoms with van der Waals surface area (Å²) >= 11 is 0. The Labute approximate surface area is 114 Å². The molecule has 0 aliphatic heterocycles. The lowest BCUT2D eigenvalue weighted by molar-refractivity contribution is 0.567.